The molecule has 0 heterocycles. The zero-order valence-corrected chi connectivity index (χ0v) is 13.3. The molecule has 0 unspecified atom stereocenters. The summed E-state index contributed by atoms with van der Waals surface area (Å²) in [5.74, 6) is 6.27. The Bertz CT molecular complexity index is 713. The molecular weight excluding hydrogens is 284 g/mol. The predicted octanol–water partition coefficient (Wildman–Crippen LogP) is 4.52. The van der Waals surface area contributed by atoms with Crippen molar-refractivity contribution < 1.29 is 9.53 Å². The maximum Gasteiger partial charge on any atom is 0.335 e. The van der Waals surface area contributed by atoms with Crippen LogP contribution >= 0.6 is 0 Å². The first kappa shape index (κ1) is 16.6. The number of rotatable bonds is 5. The van der Waals surface area contributed by atoms with E-state index in [4.69, 9.17) is 4.74 Å². The minimum absolute atomic E-state index is 0.466. The van der Waals surface area contributed by atoms with Gasteiger partial charge in [0.15, 0.2) is 0 Å². The highest BCUT2D eigenvalue weighted by atomic mass is 16.5. The maximum absolute atomic E-state index is 11.1. The van der Waals surface area contributed by atoms with Crippen molar-refractivity contribution in [3.63, 3.8) is 0 Å². The first-order valence-corrected chi connectivity index (χ1v) is 7.76. The molecule has 0 aliphatic carbocycles. The van der Waals surface area contributed by atoms with Crippen LogP contribution in [0.1, 0.15) is 36.5 Å². The van der Waals surface area contributed by atoms with Crippen LogP contribution in [-0.2, 0) is 11.2 Å². The Morgan fingerprint density at radius 2 is 1.61 bits per heavy atom. The van der Waals surface area contributed by atoms with Gasteiger partial charge in [-0.25, -0.2) is 4.79 Å². The zero-order chi connectivity index (χ0) is 16.5. The molecule has 0 bridgehead atoms. The summed E-state index contributed by atoms with van der Waals surface area (Å²) < 4.78 is 5.02. The quantitative estimate of drug-likeness (QED) is 0.351. The molecule has 0 aliphatic heterocycles. The number of hydrogen-bond donors (Lipinski definition) is 0. The third kappa shape index (κ3) is 5.48. The van der Waals surface area contributed by atoms with Crippen molar-refractivity contribution in [2.75, 3.05) is 0 Å². The Labute approximate surface area is 137 Å². The predicted molar refractivity (Wildman–Crippen MR) is 93.3 cm³/mol. The van der Waals surface area contributed by atoms with Gasteiger partial charge in [0, 0.05) is 17.2 Å². The smallest absolute Gasteiger partial charge is 0.335 e. The molecule has 2 aromatic rings. The van der Waals surface area contributed by atoms with Gasteiger partial charge in [0.1, 0.15) is 5.75 Å². The molecule has 2 nitrogen and oxygen atoms in total. The van der Waals surface area contributed by atoms with Crippen LogP contribution in [0.3, 0.4) is 0 Å². The van der Waals surface area contributed by atoms with Gasteiger partial charge in [-0.3, -0.25) is 0 Å². The maximum atomic E-state index is 11.1. The van der Waals surface area contributed by atoms with E-state index in [-0.39, 0.29) is 0 Å². The number of carbonyl (C=O) groups excluding carboxylic acids is 1. The van der Waals surface area contributed by atoms with Crippen LogP contribution in [0.15, 0.2) is 61.2 Å². The average Bonchev–Trinajstić information content (AvgIpc) is 2.60. The molecule has 2 heteroatoms. The van der Waals surface area contributed by atoms with Gasteiger partial charge in [0.05, 0.1) is 0 Å². The summed E-state index contributed by atoms with van der Waals surface area (Å²) in [6.07, 6.45) is 4.68. The lowest BCUT2D eigenvalue weighted by Gasteiger charge is -2.00. The van der Waals surface area contributed by atoms with Gasteiger partial charge in [-0.05, 0) is 54.8 Å². The van der Waals surface area contributed by atoms with Crippen molar-refractivity contribution in [1.29, 1.82) is 0 Å². The van der Waals surface area contributed by atoms with Gasteiger partial charge < -0.3 is 4.74 Å². The van der Waals surface area contributed by atoms with Crippen LogP contribution in [0.5, 0.6) is 5.75 Å². The fraction of sp³-hybridized carbons (Fsp3) is 0.190. The summed E-state index contributed by atoms with van der Waals surface area (Å²) in [6.45, 7) is 5.56. The first-order valence-electron chi connectivity index (χ1n) is 7.76. The summed E-state index contributed by atoms with van der Waals surface area (Å²) in [4.78, 5) is 11.1. The minimum Gasteiger partial charge on any atom is -0.423 e. The lowest BCUT2D eigenvalue weighted by atomic mass is 10.1. The van der Waals surface area contributed by atoms with E-state index in [0.717, 1.165) is 23.6 Å². The topological polar surface area (TPSA) is 26.3 Å². The molecule has 0 spiro atoms. The third-order valence-corrected chi connectivity index (χ3v) is 3.36. The molecule has 116 valence electrons. The summed E-state index contributed by atoms with van der Waals surface area (Å²) >= 11 is 0. The largest absolute Gasteiger partial charge is 0.423 e. The van der Waals surface area contributed by atoms with E-state index in [1.807, 2.05) is 12.1 Å². The van der Waals surface area contributed by atoms with Crippen molar-refractivity contribution >= 4 is 5.97 Å². The van der Waals surface area contributed by atoms with Crippen molar-refractivity contribution in [3.05, 3.63) is 77.9 Å². The number of benzene rings is 2. The molecule has 0 aromatic heterocycles. The molecule has 0 fully saturated rings. The van der Waals surface area contributed by atoms with Gasteiger partial charge >= 0.3 is 5.97 Å². The van der Waals surface area contributed by atoms with E-state index in [9.17, 15) is 4.79 Å². The molecule has 0 amide bonds. The van der Waals surface area contributed by atoms with Crippen molar-refractivity contribution in [3.8, 4) is 17.6 Å². The van der Waals surface area contributed by atoms with Crippen LogP contribution in [0.25, 0.3) is 0 Å². The van der Waals surface area contributed by atoms with Crippen LogP contribution < -0.4 is 4.74 Å². The van der Waals surface area contributed by atoms with Crippen molar-refractivity contribution in [2.45, 2.75) is 26.2 Å². The lowest BCUT2D eigenvalue weighted by Crippen LogP contribution is -2.02. The van der Waals surface area contributed by atoms with Crippen LogP contribution in [0.2, 0.25) is 0 Å². The van der Waals surface area contributed by atoms with Gasteiger partial charge in [-0.1, -0.05) is 43.9 Å². The molecule has 2 aromatic carbocycles. The second kappa shape index (κ2) is 8.60. The fourth-order valence-electron chi connectivity index (χ4n) is 2.04. The number of hydrogen-bond acceptors (Lipinski definition) is 2. The monoisotopic (exact) mass is 304 g/mol. The van der Waals surface area contributed by atoms with Crippen molar-refractivity contribution in [1.82, 2.24) is 0 Å². The average molecular weight is 304 g/mol. The molecule has 0 N–H and O–H groups in total. The Hall–Kier alpha value is -2.79. The van der Waals surface area contributed by atoms with Gasteiger partial charge in [0.25, 0.3) is 0 Å². The molecule has 0 saturated carbocycles. The Morgan fingerprint density at radius 1 is 1.04 bits per heavy atom. The van der Waals surface area contributed by atoms with E-state index < -0.39 is 5.97 Å². The standard InChI is InChI=1S/C21H20O2/c1-3-5-6-17-7-9-18(10-8-17)11-12-19-13-15-20(16-14-19)23-21(22)4-2/h4,7-10,13-16H,2-3,5-6H2,1H3. The van der Waals surface area contributed by atoms with Crippen molar-refractivity contribution in [2.24, 2.45) is 0 Å². The SMILES string of the molecule is C=CC(=O)Oc1ccc(C#Cc2ccc(CCCC)cc2)cc1. The van der Waals surface area contributed by atoms with E-state index >= 15 is 0 Å². The van der Waals surface area contributed by atoms with Crippen LogP contribution in [-0.4, -0.2) is 5.97 Å². The third-order valence-electron chi connectivity index (χ3n) is 3.36. The molecule has 2 rings (SSSR count). The Kier molecular flexibility index (Phi) is 6.20. The zero-order valence-electron chi connectivity index (χ0n) is 13.3. The normalized spacial score (nSPS) is 9.61. The molecule has 0 aliphatic rings. The number of esters is 1. The van der Waals surface area contributed by atoms with Crippen LogP contribution in [0.4, 0.5) is 0 Å². The highest BCUT2D eigenvalue weighted by molar-refractivity contribution is 5.83. The van der Waals surface area contributed by atoms with Gasteiger partial charge in [-0.2, -0.15) is 0 Å². The van der Waals surface area contributed by atoms with Gasteiger partial charge in [-0.15, -0.1) is 0 Å². The number of unbranched alkanes of at least 4 members (excludes halogenated alkanes) is 1. The molecule has 23 heavy (non-hydrogen) atoms. The molecule has 0 atom stereocenters. The van der Waals surface area contributed by atoms with E-state index in [0.29, 0.717) is 5.75 Å². The summed E-state index contributed by atoms with van der Waals surface area (Å²) in [5.41, 5.74) is 3.22. The minimum atomic E-state index is -0.466. The highest BCUT2D eigenvalue weighted by Crippen LogP contribution is 2.12. The molecular formula is C21H20O2. The first-order chi connectivity index (χ1) is 11.2. The van der Waals surface area contributed by atoms with Gasteiger partial charge in [0.2, 0.25) is 0 Å². The Morgan fingerprint density at radius 3 is 2.13 bits per heavy atom. The number of ether oxygens (including phenoxy) is 1. The summed E-state index contributed by atoms with van der Waals surface area (Å²) in [6, 6.07) is 15.5. The van der Waals surface area contributed by atoms with E-state index in [1.54, 1.807) is 12.1 Å². The number of aryl methyl sites for hydroxylation is 1. The summed E-state index contributed by atoms with van der Waals surface area (Å²) in [7, 11) is 0. The van der Waals surface area contributed by atoms with Crippen LogP contribution in [0, 0.1) is 11.8 Å². The second-order valence-corrected chi connectivity index (χ2v) is 5.20. The van der Waals surface area contributed by atoms with E-state index in [1.165, 1.54) is 18.4 Å². The van der Waals surface area contributed by atoms with E-state index in [2.05, 4.69) is 49.6 Å². The highest BCUT2D eigenvalue weighted by Gasteiger charge is 1.98. The fourth-order valence-corrected chi connectivity index (χ4v) is 2.04. The Balaban J connectivity index is 2.00. The second-order valence-electron chi connectivity index (χ2n) is 5.20. The molecule has 0 radical (unpaired) electrons. The summed E-state index contributed by atoms with van der Waals surface area (Å²) in [5, 5.41) is 0. The molecule has 0 saturated heterocycles. The lowest BCUT2D eigenvalue weighted by molar-refractivity contribution is -0.128. The number of carbonyl (C=O) groups is 1.